The standard InChI is InChI=1S/C24H30N6O3/c1-17(2)15-21(24(32)25-16-30-22-6-4-3-5-20(22)27-28-30)26-23(31)18-7-9-19(10-8-18)29-11-13-33-14-12-29/h3-10,17,21H,11-16H2,1-2H3,(H,25,32)(H,26,31)/t21-/m0/s1. The molecule has 0 radical (unpaired) electrons. The zero-order chi connectivity index (χ0) is 23.2. The lowest BCUT2D eigenvalue weighted by molar-refractivity contribution is -0.123. The van der Waals surface area contributed by atoms with Gasteiger partial charge in [0.05, 0.1) is 18.7 Å². The minimum absolute atomic E-state index is 0.179. The van der Waals surface area contributed by atoms with E-state index in [1.165, 1.54) is 0 Å². The number of nitrogens with zero attached hydrogens (tertiary/aromatic N) is 4. The molecule has 9 heteroatoms. The number of carbonyl (C=O) groups is 2. The first-order chi connectivity index (χ1) is 16.0. The van der Waals surface area contributed by atoms with Gasteiger partial charge in [0, 0.05) is 24.3 Å². The Balaban J connectivity index is 1.39. The van der Waals surface area contributed by atoms with E-state index in [4.69, 9.17) is 4.74 Å². The van der Waals surface area contributed by atoms with E-state index in [0.717, 1.165) is 29.8 Å². The van der Waals surface area contributed by atoms with Gasteiger partial charge in [-0.05, 0) is 48.7 Å². The number of carbonyl (C=O) groups excluding carboxylic acids is 2. The Labute approximate surface area is 193 Å². The second-order valence-electron chi connectivity index (χ2n) is 8.58. The van der Waals surface area contributed by atoms with Crippen LogP contribution in [0.15, 0.2) is 48.5 Å². The van der Waals surface area contributed by atoms with Gasteiger partial charge in [0.2, 0.25) is 5.91 Å². The lowest BCUT2D eigenvalue weighted by atomic mass is 10.0. The number of morpholine rings is 1. The summed E-state index contributed by atoms with van der Waals surface area (Å²) in [5.41, 5.74) is 3.18. The van der Waals surface area contributed by atoms with Crippen molar-refractivity contribution in [3.05, 3.63) is 54.1 Å². The Hall–Kier alpha value is -3.46. The highest BCUT2D eigenvalue weighted by Gasteiger charge is 2.23. The van der Waals surface area contributed by atoms with Crippen molar-refractivity contribution >= 4 is 28.5 Å². The van der Waals surface area contributed by atoms with E-state index in [1.807, 2.05) is 50.2 Å². The third-order valence-corrected chi connectivity index (χ3v) is 5.66. The fraction of sp³-hybridized carbons (Fsp3) is 0.417. The zero-order valence-electron chi connectivity index (χ0n) is 19.0. The maximum atomic E-state index is 12.9. The molecular formula is C24H30N6O3. The highest BCUT2D eigenvalue weighted by molar-refractivity contribution is 5.97. The lowest BCUT2D eigenvalue weighted by Crippen LogP contribution is -2.47. The monoisotopic (exact) mass is 450 g/mol. The van der Waals surface area contributed by atoms with Crippen LogP contribution >= 0.6 is 0 Å². The predicted octanol–water partition coefficient (Wildman–Crippen LogP) is 2.19. The first-order valence-corrected chi connectivity index (χ1v) is 11.3. The number of ether oxygens (including phenoxy) is 1. The molecule has 0 unspecified atom stereocenters. The topological polar surface area (TPSA) is 101 Å². The van der Waals surface area contributed by atoms with Crippen LogP contribution in [0.1, 0.15) is 30.6 Å². The first-order valence-electron chi connectivity index (χ1n) is 11.3. The summed E-state index contributed by atoms with van der Waals surface area (Å²) in [5.74, 6) is -0.283. The number of aromatic nitrogens is 3. The summed E-state index contributed by atoms with van der Waals surface area (Å²) in [4.78, 5) is 28.0. The molecule has 0 bridgehead atoms. The number of fused-ring (bicyclic) bond motifs is 1. The van der Waals surface area contributed by atoms with Crippen molar-refractivity contribution < 1.29 is 14.3 Å². The highest BCUT2D eigenvalue weighted by Crippen LogP contribution is 2.17. The maximum absolute atomic E-state index is 12.9. The zero-order valence-corrected chi connectivity index (χ0v) is 19.0. The Morgan fingerprint density at radius 2 is 1.79 bits per heavy atom. The van der Waals surface area contributed by atoms with E-state index in [-0.39, 0.29) is 24.4 Å². The van der Waals surface area contributed by atoms with Gasteiger partial charge in [-0.3, -0.25) is 9.59 Å². The average Bonchev–Trinajstić information content (AvgIpc) is 3.25. The SMILES string of the molecule is CC(C)C[C@H](NC(=O)c1ccc(N2CCOCC2)cc1)C(=O)NCn1nnc2ccccc21. The fourth-order valence-corrected chi connectivity index (χ4v) is 3.90. The Kier molecular flexibility index (Phi) is 7.19. The summed E-state index contributed by atoms with van der Waals surface area (Å²) in [6.45, 7) is 7.31. The summed E-state index contributed by atoms with van der Waals surface area (Å²) in [6.07, 6.45) is 0.529. The van der Waals surface area contributed by atoms with Crippen molar-refractivity contribution in [1.82, 2.24) is 25.6 Å². The number of rotatable bonds is 8. The summed E-state index contributed by atoms with van der Waals surface area (Å²) >= 11 is 0. The molecule has 1 aliphatic rings. The van der Waals surface area contributed by atoms with E-state index < -0.39 is 6.04 Å². The Morgan fingerprint density at radius 3 is 2.52 bits per heavy atom. The molecule has 2 amide bonds. The van der Waals surface area contributed by atoms with Crippen LogP contribution in [0.25, 0.3) is 11.0 Å². The molecule has 0 aliphatic carbocycles. The van der Waals surface area contributed by atoms with E-state index in [2.05, 4.69) is 25.8 Å². The largest absolute Gasteiger partial charge is 0.378 e. The molecule has 2 aromatic carbocycles. The minimum atomic E-state index is -0.647. The number of benzene rings is 2. The molecular weight excluding hydrogens is 420 g/mol. The van der Waals surface area contributed by atoms with Crippen LogP contribution in [0.5, 0.6) is 0 Å². The molecule has 1 fully saturated rings. The van der Waals surface area contributed by atoms with Crippen molar-refractivity contribution in [2.24, 2.45) is 5.92 Å². The minimum Gasteiger partial charge on any atom is -0.378 e. The van der Waals surface area contributed by atoms with Crippen molar-refractivity contribution in [2.45, 2.75) is 33.0 Å². The van der Waals surface area contributed by atoms with Gasteiger partial charge in [-0.2, -0.15) is 0 Å². The normalized spacial score (nSPS) is 14.9. The second kappa shape index (κ2) is 10.4. The molecule has 1 aliphatic heterocycles. The molecule has 2 N–H and O–H groups in total. The maximum Gasteiger partial charge on any atom is 0.251 e. The quantitative estimate of drug-likeness (QED) is 0.546. The number of hydrogen-bond donors (Lipinski definition) is 2. The van der Waals surface area contributed by atoms with Gasteiger partial charge in [0.1, 0.15) is 18.2 Å². The number of amides is 2. The van der Waals surface area contributed by atoms with Gasteiger partial charge >= 0.3 is 0 Å². The van der Waals surface area contributed by atoms with Crippen molar-refractivity contribution in [2.75, 3.05) is 31.2 Å². The van der Waals surface area contributed by atoms with Crippen molar-refractivity contribution in [3.63, 3.8) is 0 Å². The van der Waals surface area contributed by atoms with Crippen LogP contribution in [0.2, 0.25) is 0 Å². The molecule has 1 aromatic heterocycles. The van der Waals surface area contributed by atoms with Gasteiger partial charge in [-0.1, -0.05) is 31.2 Å². The van der Waals surface area contributed by atoms with Crippen LogP contribution in [0, 0.1) is 5.92 Å². The van der Waals surface area contributed by atoms with Crippen LogP contribution in [-0.4, -0.2) is 59.2 Å². The predicted molar refractivity (Wildman–Crippen MR) is 126 cm³/mol. The summed E-state index contributed by atoms with van der Waals surface area (Å²) in [7, 11) is 0. The van der Waals surface area contributed by atoms with E-state index in [1.54, 1.807) is 16.8 Å². The van der Waals surface area contributed by atoms with Gasteiger partial charge in [-0.25, -0.2) is 4.68 Å². The van der Waals surface area contributed by atoms with Crippen molar-refractivity contribution in [1.29, 1.82) is 0 Å². The van der Waals surface area contributed by atoms with Gasteiger partial charge in [0.15, 0.2) is 0 Å². The highest BCUT2D eigenvalue weighted by atomic mass is 16.5. The van der Waals surface area contributed by atoms with E-state index in [9.17, 15) is 9.59 Å². The van der Waals surface area contributed by atoms with Gasteiger partial charge in [-0.15, -0.1) is 5.10 Å². The smallest absolute Gasteiger partial charge is 0.251 e. The van der Waals surface area contributed by atoms with Crippen LogP contribution in [-0.2, 0) is 16.2 Å². The lowest BCUT2D eigenvalue weighted by Gasteiger charge is -2.29. The molecule has 1 atom stereocenters. The van der Waals surface area contributed by atoms with Crippen molar-refractivity contribution in [3.8, 4) is 0 Å². The summed E-state index contributed by atoms with van der Waals surface area (Å²) in [6, 6.07) is 14.4. The first kappa shape index (κ1) is 22.7. The summed E-state index contributed by atoms with van der Waals surface area (Å²) < 4.78 is 7.02. The van der Waals surface area contributed by atoms with Crippen LogP contribution < -0.4 is 15.5 Å². The molecule has 3 aromatic rings. The average molecular weight is 451 g/mol. The fourth-order valence-electron chi connectivity index (χ4n) is 3.90. The molecule has 4 rings (SSSR count). The van der Waals surface area contributed by atoms with E-state index in [0.29, 0.717) is 25.2 Å². The number of para-hydroxylation sites is 1. The molecule has 1 saturated heterocycles. The number of nitrogens with one attached hydrogen (secondary N) is 2. The number of anilines is 1. The Morgan fingerprint density at radius 1 is 1.06 bits per heavy atom. The second-order valence-corrected chi connectivity index (χ2v) is 8.58. The van der Waals surface area contributed by atoms with E-state index >= 15 is 0 Å². The third kappa shape index (κ3) is 5.67. The molecule has 2 heterocycles. The molecule has 174 valence electrons. The number of hydrogen-bond acceptors (Lipinski definition) is 6. The van der Waals surface area contributed by atoms with Crippen LogP contribution in [0.3, 0.4) is 0 Å². The summed E-state index contributed by atoms with van der Waals surface area (Å²) in [5, 5.41) is 14.0. The van der Waals surface area contributed by atoms with Gasteiger partial charge in [0.25, 0.3) is 5.91 Å². The van der Waals surface area contributed by atoms with Gasteiger partial charge < -0.3 is 20.3 Å². The Bertz CT molecular complexity index is 1090. The molecule has 0 spiro atoms. The molecule has 0 saturated carbocycles. The molecule has 33 heavy (non-hydrogen) atoms. The third-order valence-electron chi connectivity index (χ3n) is 5.66. The molecule has 9 nitrogen and oxygen atoms in total. The van der Waals surface area contributed by atoms with Crippen LogP contribution in [0.4, 0.5) is 5.69 Å².